The molecule has 0 spiro atoms. The largest absolute Gasteiger partial charge is 0.354 e. The van der Waals surface area contributed by atoms with E-state index in [0.29, 0.717) is 0 Å². The molecular formula is C18H15NS. The average molecular weight is 277 g/mol. The molecule has 3 rings (SSSR count). The monoisotopic (exact) mass is 277 g/mol. The summed E-state index contributed by atoms with van der Waals surface area (Å²) in [5.74, 6) is 0. The van der Waals surface area contributed by atoms with Gasteiger partial charge in [0.05, 0.1) is 0 Å². The average Bonchev–Trinajstić information content (AvgIpc) is 3.02. The van der Waals surface area contributed by atoms with Crippen LogP contribution in [-0.2, 0) is 0 Å². The van der Waals surface area contributed by atoms with Crippen molar-refractivity contribution in [2.75, 3.05) is 0 Å². The zero-order valence-corrected chi connectivity index (χ0v) is 12.0. The van der Waals surface area contributed by atoms with E-state index in [1.54, 1.807) is 11.3 Å². The molecule has 0 bridgehead atoms. The molecule has 1 aromatic carbocycles. The van der Waals surface area contributed by atoms with Crippen LogP contribution in [0.5, 0.6) is 0 Å². The summed E-state index contributed by atoms with van der Waals surface area (Å²) in [6.07, 6.45) is 7.51. The summed E-state index contributed by atoms with van der Waals surface area (Å²) >= 11 is 1.74. The third-order valence-corrected chi connectivity index (χ3v) is 4.79. The third kappa shape index (κ3) is 1.55. The smallest absolute Gasteiger partial charge is 0.0479 e. The van der Waals surface area contributed by atoms with E-state index in [9.17, 15) is 0 Å². The molecule has 0 amide bonds. The van der Waals surface area contributed by atoms with E-state index >= 15 is 0 Å². The van der Waals surface area contributed by atoms with E-state index in [1.807, 2.05) is 24.3 Å². The van der Waals surface area contributed by atoms with Crippen molar-refractivity contribution < 1.29 is 0 Å². The van der Waals surface area contributed by atoms with E-state index in [0.717, 1.165) is 27.2 Å². The van der Waals surface area contributed by atoms with Gasteiger partial charge in [-0.15, -0.1) is 11.3 Å². The van der Waals surface area contributed by atoms with Gasteiger partial charge in [0.2, 0.25) is 0 Å². The molecule has 0 saturated heterocycles. The molecule has 0 aliphatic heterocycles. The maximum Gasteiger partial charge on any atom is 0.0479 e. The molecule has 3 aromatic rings. The van der Waals surface area contributed by atoms with Gasteiger partial charge in [0.25, 0.3) is 0 Å². The highest BCUT2D eigenvalue weighted by molar-refractivity contribution is 7.21. The van der Waals surface area contributed by atoms with Crippen molar-refractivity contribution in [2.24, 2.45) is 0 Å². The lowest BCUT2D eigenvalue weighted by Crippen LogP contribution is -1.74. The fourth-order valence-electron chi connectivity index (χ4n) is 2.65. The molecular weight excluding hydrogens is 262 g/mol. The fraction of sp³-hybridized carbons (Fsp3) is 0. The number of aromatic amines is 1. The predicted molar refractivity (Wildman–Crippen MR) is 94.0 cm³/mol. The number of aromatic nitrogens is 1. The van der Waals surface area contributed by atoms with Gasteiger partial charge in [-0.25, -0.2) is 0 Å². The van der Waals surface area contributed by atoms with Gasteiger partial charge in [-0.3, -0.25) is 0 Å². The van der Waals surface area contributed by atoms with Crippen LogP contribution >= 0.6 is 11.3 Å². The Hall–Kier alpha value is -2.32. The Bertz CT molecular complexity index is 874. The van der Waals surface area contributed by atoms with Gasteiger partial charge in [-0.1, -0.05) is 50.6 Å². The van der Waals surface area contributed by atoms with E-state index in [2.05, 4.69) is 43.4 Å². The Morgan fingerprint density at radius 2 is 1.65 bits per heavy atom. The second-order valence-corrected chi connectivity index (χ2v) is 5.57. The minimum atomic E-state index is 1.01. The molecule has 1 N–H and O–H groups in total. The zero-order valence-electron chi connectivity index (χ0n) is 11.2. The molecule has 0 fully saturated rings. The first-order chi connectivity index (χ1) is 9.74. The van der Waals surface area contributed by atoms with E-state index in [1.165, 1.54) is 15.5 Å². The molecule has 0 aliphatic carbocycles. The molecule has 98 valence electrons. The highest BCUT2D eigenvalue weighted by Crippen LogP contribution is 2.40. The highest BCUT2D eigenvalue weighted by atomic mass is 32.1. The molecule has 20 heavy (non-hydrogen) atoms. The van der Waals surface area contributed by atoms with Crippen LogP contribution in [0.15, 0.2) is 38.4 Å². The lowest BCUT2D eigenvalue weighted by atomic mass is 10.1. The number of hydrogen-bond donors (Lipinski definition) is 1. The first-order valence-electron chi connectivity index (χ1n) is 6.36. The van der Waals surface area contributed by atoms with Crippen LogP contribution in [0.2, 0.25) is 0 Å². The van der Waals surface area contributed by atoms with Crippen LogP contribution in [0, 0.1) is 0 Å². The van der Waals surface area contributed by atoms with Crippen molar-refractivity contribution >= 4 is 56.6 Å². The van der Waals surface area contributed by atoms with Crippen LogP contribution < -0.4 is 0 Å². The van der Waals surface area contributed by atoms with Gasteiger partial charge < -0.3 is 4.98 Å². The first-order valence-corrected chi connectivity index (χ1v) is 7.17. The van der Waals surface area contributed by atoms with Crippen molar-refractivity contribution in [3.8, 4) is 0 Å². The van der Waals surface area contributed by atoms with Gasteiger partial charge in [0.15, 0.2) is 0 Å². The topological polar surface area (TPSA) is 15.8 Å². The van der Waals surface area contributed by atoms with E-state index in [4.69, 9.17) is 0 Å². The maximum atomic E-state index is 3.93. The Morgan fingerprint density at radius 1 is 0.900 bits per heavy atom. The summed E-state index contributed by atoms with van der Waals surface area (Å²) in [6, 6.07) is 4.23. The summed E-state index contributed by atoms with van der Waals surface area (Å²) in [4.78, 5) is 4.54. The molecule has 0 unspecified atom stereocenters. The highest BCUT2D eigenvalue weighted by Gasteiger charge is 2.15. The zero-order chi connectivity index (χ0) is 14.3. The number of hydrogen-bond acceptors (Lipinski definition) is 1. The third-order valence-electron chi connectivity index (χ3n) is 3.55. The SMILES string of the molecule is C=Cc1[nH]c2ccc3c(C=C)c(C=C)sc3c2c1C=C. The number of thiophene rings is 1. The van der Waals surface area contributed by atoms with Crippen molar-refractivity contribution in [3.63, 3.8) is 0 Å². The van der Waals surface area contributed by atoms with Crippen LogP contribution in [0.3, 0.4) is 0 Å². The maximum absolute atomic E-state index is 3.93. The van der Waals surface area contributed by atoms with Crippen molar-refractivity contribution in [1.29, 1.82) is 0 Å². The second kappa shape index (κ2) is 4.66. The molecule has 0 atom stereocenters. The lowest BCUT2D eigenvalue weighted by molar-refractivity contribution is 1.43. The molecule has 2 aromatic heterocycles. The Kier molecular flexibility index (Phi) is 2.96. The van der Waals surface area contributed by atoms with Crippen molar-refractivity contribution in [1.82, 2.24) is 4.98 Å². The Balaban J connectivity index is 2.58. The standard InChI is InChI=1S/C18H15NS/c1-5-11-13-9-10-15-17(18(13)20-16(11)8-4)12(6-2)14(7-3)19-15/h5-10,19H,1-4H2. The minimum absolute atomic E-state index is 1.01. The molecule has 0 radical (unpaired) electrons. The summed E-state index contributed by atoms with van der Waals surface area (Å²) in [6.45, 7) is 15.6. The molecule has 1 nitrogen and oxygen atoms in total. The number of H-pyrrole nitrogens is 1. The molecule has 0 aliphatic rings. The van der Waals surface area contributed by atoms with Gasteiger partial charge in [0, 0.05) is 37.1 Å². The van der Waals surface area contributed by atoms with Gasteiger partial charge in [-0.05, 0) is 17.7 Å². The predicted octanol–water partition coefficient (Wildman–Crippen LogP) is 5.95. The molecule has 0 saturated carbocycles. The van der Waals surface area contributed by atoms with Gasteiger partial charge in [-0.2, -0.15) is 0 Å². The van der Waals surface area contributed by atoms with Crippen LogP contribution in [0.1, 0.15) is 21.7 Å². The lowest BCUT2D eigenvalue weighted by Gasteiger charge is -1.96. The Morgan fingerprint density at radius 3 is 2.25 bits per heavy atom. The Labute approximate surface area is 122 Å². The van der Waals surface area contributed by atoms with Crippen LogP contribution in [0.25, 0.3) is 45.3 Å². The number of rotatable bonds is 4. The second-order valence-electron chi connectivity index (χ2n) is 4.51. The van der Waals surface area contributed by atoms with Crippen LogP contribution in [0.4, 0.5) is 0 Å². The van der Waals surface area contributed by atoms with Crippen LogP contribution in [-0.4, -0.2) is 4.98 Å². The van der Waals surface area contributed by atoms with Crippen molar-refractivity contribution in [3.05, 3.63) is 60.1 Å². The van der Waals surface area contributed by atoms with Gasteiger partial charge >= 0.3 is 0 Å². The normalized spacial score (nSPS) is 10.8. The summed E-state index contributed by atoms with van der Waals surface area (Å²) in [7, 11) is 0. The van der Waals surface area contributed by atoms with E-state index in [-0.39, 0.29) is 0 Å². The summed E-state index contributed by atoms with van der Waals surface area (Å²) in [5, 5.41) is 2.42. The summed E-state index contributed by atoms with van der Waals surface area (Å²) in [5.41, 5.74) is 4.37. The summed E-state index contributed by atoms with van der Waals surface area (Å²) < 4.78 is 1.24. The molecule has 2 heteroatoms. The van der Waals surface area contributed by atoms with E-state index < -0.39 is 0 Å². The molecule has 2 heterocycles. The quantitative estimate of drug-likeness (QED) is 0.606. The fourth-order valence-corrected chi connectivity index (χ4v) is 3.87. The number of nitrogens with one attached hydrogen (secondary N) is 1. The van der Waals surface area contributed by atoms with Crippen molar-refractivity contribution in [2.45, 2.75) is 0 Å². The number of benzene rings is 1. The van der Waals surface area contributed by atoms with Gasteiger partial charge in [0.1, 0.15) is 0 Å². The first kappa shape index (κ1) is 12.7. The minimum Gasteiger partial charge on any atom is -0.354 e. The number of fused-ring (bicyclic) bond motifs is 3.